The van der Waals surface area contributed by atoms with Crippen LogP contribution in [-0.2, 0) is 4.74 Å². The van der Waals surface area contributed by atoms with Crippen molar-refractivity contribution in [1.29, 1.82) is 0 Å². The molecule has 1 saturated heterocycles. The Morgan fingerprint density at radius 2 is 2.05 bits per heavy atom. The van der Waals surface area contributed by atoms with E-state index in [2.05, 4.69) is 24.4 Å². The molecule has 106 valence electrons. The Hall–Kier alpha value is -1.06. The lowest BCUT2D eigenvalue weighted by Gasteiger charge is -2.17. The molecular formula is C16H25NO2. The molecule has 1 aliphatic heterocycles. The first-order chi connectivity index (χ1) is 9.19. The van der Waals surface area contributed by atoms with Crippen molar-refractivity contribution in [2.24, 2.45) is 0 Å². The monoisotopic (exact) mass is 263 g/mol. The molecule has 3 nitrogen and oxygen atoms in total. The second-order valence-electron chi connectivity index (χ2n) is 5.40. The van der Waals surface area contributed by atoms with Crippen LogP contribution in [-0.4, -0.2) is 25.3 Å². The van der Waals surface area contributed by atoms with Crippen LogP contribution >= 0.6 is 0 Å². The van der Waals surface area contributed by atoms with Gasteiger partial charge >= 0.3 is 0 Å². The molecule has 2 rings (SSSR count). The summed E-state index contributed by atoms with van der Waals surface area (Å²) in [6, 6.07) is 8.86. The summed E-state index contributed by atoms with van der Waals surface area (Å²) in [6.45, 7) is 8.02. The molecule has 3 heteroatoms. The fourth-order valence-electron chi connectivity index (χ4n) is 2.38. The van der Waals surface area contributed by atoms with Crippen molar-refractivity contribution in [2.75, 3.05) is 13.2 Å². The highest BCUT2D eigenvalue weighted by Crippen LogP contribution is 2.23. The lowest BCUT2D eigenvalue weighted by atomic mass is 10.1. The average Bonchev–Trinajstić information content (AvgIpc) is 2.64. The Labute approximate surface area is 116 Å². The molecule has 0 saturated carbocycles. The van der Waals surface area contributed by atoms with E-state index in [1.54, 1.807) is 0 Å². The van der Waals surface area contributed by atoms with Crippen molar-refractivity contribution >= 4 is 0 Å². The van der Waals surface area contributed by atoms with Gasteiger partial charge in [-0.15, -0.1) is 0 Å². The molecular weight excluding hydrogens is 238 g/mol. The summed E-state index contributed by atoms with van der Waals surface area (Å²) in [4.78, 5) is 0. The Balaban J connectivity index is 1.97. The van der Waals surface area contributed by atoms with Crippen molar-refractivity contribution < 1.29 is 9.47 Å². The van der Waals surface area contributed by atoms with E-state index >= 15 is 0 Å². The van der Waals surface area contributed by atoms with Gasteiger partial charge in [-0.2, -0.15) is 0 Å². The highest BCUT2D eigenvalue weighted by molar-refractivity contribution is 5.29. The molecule has 1 N–H and O–H groups in total. The topological polar surface area (TPSA) is 30.5 Å². The van der Waals surface area contributed by atoms with E-state index in [0.29, 0.717) is 6.04 Å². The van der Waals surface area contributed by atoms with Crippen LogP contribution in [0.5, 0.6) is 5.75 Å². The largest absolute Gasteiger partial charge is 0.491 e. The lowest BCUT2D eigenvalue weighted by molar-refractivity contribution is 0.0663. The third-order valence-electron chi connectivity index (χ3n) is 3.49. The summed E-state index contributed by atoms with van der Waals surface area (Å²) in [5.74, 6) is 0.923. The minimum Gasteiger partial charge on any atom is -0.491 e. The van der Waals surface area contributed by atoms with Crippen LogP contribution in [0.25, 0.3) is 0 Å². The average molecular weight is 263 g/mol. The van der Waals surface area contributed by atoms with Crippen LogP contribution in [0.4, 0.5) is 0 Å². The summed E-state index contributed by atoms with van der Waals surface area (Å²) >= 11 is 0. The van der Waals surface area contributed by atoms with Gasteiger partial charge in [-0.05, 0) is 44.4 Å². The van der Waals surface area contributed by atoms with E-state index < -0.39 is 0 Å². The minimum absolute atomic E-state index is 0.157. The van der Waals surface area contributed by atoms with Crippen LogP contribution in [0.2, 0.25) is 0 Å². The zero-order valence-electron chi connectivity index (χ0n) is 12.2. The Kier molecular flexibility index (Phi) is 5.23. The number of nitrogens with one attached hydrogen (secondary N) is 1. The zero-order chi connectivity index (χ0) is 13.7. The summed E-state index contributed by atoms with van der Waals surface area (Å²) in [6.07, 6.45) is 2.63. The van der Waals surface area contributed by atoms with Crippen molar-refractivity contribution in [1.82, 2.24) is 5.32 Å². The van der Waals surface area contributed by atoms with Gasteiger partial charge in [-0.1, -0.05) is 19.1 Å². The fraction of sp³-hybridized carbons (Fsp3) is 0.625. The summed E-state index contributed by atoms with van der Waals surface area (Å²) in [5, 5.41) is 3.57. The van der Waals surface area contributed by atoms with E-state index in [1.165, 1.54) is 5.56 Å². The SMILES string of the molecule is CCC1CCOC(c2ccc(OC(C)C)cc2)CN1. The molecule has 1 aliphatic rings. The van der Waals surface area contributed by atoms with E-state index in [4.69, 9.17) is 9.47 Å². The van der Waals surface area contributed by atoms with E-state index in [0.717, 1.165) is 31.7 Å². The van der Waals surface area contributed by atoms with Crippen molar-refractivity contribution in [3.8, 4) is 5.75 Å². The van der Waals surface area contributed by atoms with Gasteiger partial charge in [0.1, 0.15) is 5.75 Å². The fourth-order valence-corrected chi connectivity index (χ4v) is 2.38. The molecule has 1 aromatic carbocycles. The zero-order valence-corrected chi connectivity index (χ0v) is 12.2. The van der Waals surface area contributed by atoms with E-state index in [1.807, 2.05) is 26.0 Å². The third-order valence-corrected chi connectivity index (χ3v) is 3.49. The predicted octanol–water partition coefficient (Wildman–Crippen LogP) is 3.30. The van der Waals surface area contributed by atoms with Gasteiger partial charge in [0.05, 0.1) is 12.2 Å². The van der Waals surface area contributed by atoms with Gasteiger partial charge in [0.2, 0.25) is 0 Å². The minimum atomic E-state index is 0.157. The summed E-state index contributed by atoms with van der Waals surface area (Å²) < 4.78 is 11.6. The molecule has 2 unspecified atom stereocenters. The van der Waals surface area contributed by atoms with Crippen LogP contribution in [0, 0.1) is 0 Å². The first-order valence-corrected chi connectivity index (χ1v) is 7.30. The second kappa shape index (κ2) is 6.92. The lowest BCUT2D eigenvalue weighted by Crippen LogP contribution is -2.29. The van der Waals surface area contributed by atoms with Gasteiger partial charge in [0.25, 0.3) is 0 Å². The van der Waals surface area contributed by atoms with Crippen LogP contribution < -0.4 is 10.1 Å². The van der Waals surface area contributed by atoms with Gasteiger partial charge < -0.3 is 14.8 Å². The molecule has 0 radical (unpaired) electrons. The molecule has 1 fully saturated rings. The number of hydrogen-bond donors (Lipinski definition) is 1. The van der Waals surface area contributed by atoms with E-state index in [9.17, 15) is 0 Å². The maximum absolute atomic E-state index is 5.94. The Morgan fingerprint density at radius 3 is 2.68 bits per heavy atom. The molecule has 0 aliphatic carbocycles. The third kappa shape index (κ3) is 4.22. The standard InChI is InChI=1S/C16H25NO2/c1-4-14-9-10-18-16(11-17-14)13-5-7-15(8-6-13)19-12(2)3/h5-8,12,14,16-17H,4,9-11H2,1-3H3. The van der Waals surface area contributed by atoms with Crippen molar-refractivity contribution in [3.63, 3.8) is 0 Å². The number of ether oxygens (including phenoxy) is 2. The molecule has 0 bridgehead atoms. The summed E-state index contributed by atoms with van der Waals surface area (Å²) in [7, 11) is 0. The highest BCUT2D eigenvalue weighted by Gasteiger charge is 2.18. The van der Waals surface area contributed by atoms with Gasteiger partial charge in [-0.25, -0.2) is 0 Å². The van der Waals surface area contributed by atoms with Crippen molar-refractivity contribution in [2.45, 2.75) is 51.9 Å². The highest BCUT2D eigenvalue weighted by atomic mass is 16.5. The number of hydrogen-bond acceptors (Lipinski definition) is 3. The number of rotatable bonds is 4. The summed E-state index contributed by atoms with van der Waals surface area (Å²) in [5.41, 5.74) is 1.22. The molecule has 1 aromatic rings. The van der Waals surface area contributed by atoms with Gasteiger partial charge in [-0.3, -0.25) is 0 Å². The maximum atomic E-state index is 5.94. The quantitative estimate of drug-likeness (QED) is 0.904. The van der Waals surface area contributed by atoms with Crippen LogP contribution in [0.3, 0.4) is 0 Å². The molecule has 1 heterocycles. The van der Waals surface area contributed by atoms with Crippen LogP contribution in [0.15, 0.2) is 24.3 Å². The molecule has 0 spiro atoms. The molecule has 0 aromatic heterocycles. The normalized spacial score (nSPS) is 24.2. The number of benzene rings is 1. The smallest absolute Gasteiger partial charge is 0.119 e. The molecule has 19 heavy (non-hydrogen) atoms. The van der Waals surface area contributed by atoms with Gasteiger partial charge in [0, 0.05) is 19.2 Å². The van der Waals surface area contributed by atoms with E-state index in [-0.39, 0.29) is 12.2 Å². The maximum Gasteiger partial charge on any atom is 0.119 e. The Morgan fingerprint density at radius 1 is 1.32 bits per heavy atom. The second-order valence-corrected chi connectivity index (χ2v) is 5.40. The van der Waals surface area contributed by atoms with Crippen LogP contribution in [0.1, 0.15) is 45.3 Å². The first kappa shape index (κ1) is 14.4. The molecule has 2 atom stereocenters. The van der Waals surface area contributed by atoms with Gasteiger partial charge in [0.15, 0.2) is 0 Å². The first-order valence-electron chi connectivity index (χ1n) is 7.30. The predicted molar refractivity (Wildman–Crippen MR) is 77.6 cm³/mol. The Bertz CT molecular complexity index is 375. The van der Waals surface area contributed by atoms with Crippen molar-refractivity contribution in [3.05, 3.63) is 29.8 Å². The molecule has 0 amide bonds.